The Hall–Kier alpha value is -2.88. The van der Waals surface area contributed by atoms with Gasteiger partial charge in [-0.2, -0.15) is 0 Å². The molecule has 0 saturated heterocycles. The predicted molar refractivity (Wildman–Crippen MR) is 75.5 cm³/mol. The van der Waals surface area contributed by atoms with Crippen molar-refractivity contribution in [3.05, 3.63) is 65.7 Å². The summed E-state index contributed by atoms with van der Waals surface area (Å²) >= 11 is 0. The van der Waals surface area contributed by atoms with E-state index in [1.165, 1.54) is 12.1 Å². The number of benzene rings is 2. The Labute approximate surface area is 115 Å². The Balaban J connectivity index is 2.06. The van der Waals surface area contributed by atoms with Crippen LogP contribution in [0.4, 0.5) is 5.69 Å². The van der Waals surface area contributed by atoms with Crippen LogP contribution in [0.15, 0.2) is 54.6 Å². The van der Waals surface area contributed by atoms with Gasteiger partial charge in [0.25, 0.3) is 5.91 Å². The zero-order valence-electron chi connectivity index (χ0n) is 10.5. The lowest BCUT2D eigenvalue weighted by Crippen LogP contribution is -2.05. The number of ketones is 1. The molecule has 0 unspecified atom stereocenters. The molecular weight excluding hydrogens is 254 g/mol. The molecule has 0 aliphatic carbocycles. The lowest BCUT2D eigenvalue weighted by atomic mass is 10.0. The third-order valence-electron chi connectivity index (χ3n) is 3.14. The van der Waals surface area contributed by atoms with Crippen molar-refractivity contribution in [2.45, 2.75) is 0 Å². The number of carbonyl (C=O) groups is 2. The summed E-state index contributed by atoms with van der Waals surface area (Å²) in [6.45, 7) is 0. The van der Waals surface area contributed by atoms with E-state index in [2.05, 4.69) is 5.32 Å². The van der Waals surface area contributed by atoms with Crippen molar-refractivity contribution in [2.24, 2.45) is 0 Å². The first-order valence-electron chi connectivity index (χ1n) is 6.11. The van der Waals surface area contributed by atoms with Gasteiger partial charge in [-0.1, -0.05) is 36.4 Å². The van der Waals surface area contributed by atoms with Crippen molar-refractivity contribution in [1.82, 2.24) is 0 Å². The van der Waals surface area contributed by atoms with Gasteiger partial charge in [0.2, 0.25) is 0 Å². The van der Waals surface area contributed by atoms with E-state index in [4.69, 9.17) is 0 Å². The number of rotatable bonds is 2. The molecule has 1 aliphatic heterocycles. The van der Waals surface area contributed by atoms with Gasteiger partial charge in [-0.05, 0) is 18.2 Å². The van der Waals surface area contributed by atoms with Gasteiger partial charge in [-0.15, -0.1) is 0 Å². The number of nitrogens with one attached hydrogen (secondary N) is 1. The van der Waals surface area contributed by atoms with Gasteiger partial charge in [0.1, 0.15) is 5.75 Å². The van der Waals surface area contributed by atoms with Gasteiger partial charge < -0.3 is 10.4 Å². The lowest BCUT2D eigenvalue weighted by molar-refractivity contribution is -0.110. The van der Waals surface area contributed by atoms with Crippen LogP contribution in [0.5, 0.6) is 5.75 Å². The summed E-state index contributed by atoms with van der Waals surface area (Å²) < 4.78 is 0. The zero-order chi connectivity index (χ0) is 14.1. The van der Waals surface area contributed by atoms with Crippen molar-refractivity contribution >= 4 is 23.0 Å². The Kier molecular flexibility index (Phi) is 2.84. The highest BCUT2D eigenvalue weighted by molar-refractivity contribution is 6.35. The molecule has 4 heteroatoms. The number of phenolic OH excluding ortho intramolecular Hbond substituents is 1. The first-order chi connectivity index (χ1) is 9.66. The number of hydrogen-bond acceptors (Lipinski definition) is 3. The van der Waals surface area contributed by atoms with Crippen molar-refractivity contribution in [3.63, 3.8) is 0 Å². The summed E-state index contributed by atoms with van der Waals surface area (Å²) in [5.41, 5.74) is 1.58. The van der Waals surface area contributed by atoms with Gasteiger partial charge in [0.15, 0.2) is 5.78 Å². The topological polar surface area (TPSA) is 66.4 Å². The predicted octanol–water partition coefficient (Wildman–Crippen LogP) is 2.61. The second-order valence-electron chi connectivity index (χ2n) is 4.44. The second kappa shape index (κ2) is 4.66. The summed E-state index contributed by atoms with van der Waals surface area (Å²) in [7, 11) is 0. The van der Waals surface area contributed by atoms with Crippen LogP contribution in [0.25, 0.3) is 5.57 Å². The van der Waals surface area contributed by atoms with E-state index in [0.29, 0.717) is 16.8 Å². The van der Waals surface area contributed by atoms with Gasteiger partial charge in [-0.25, -0.2) is 0 Å². The second-order valence-corrected chi connectivity index (χ2v) is 4.44. The summed E-state index contributed by atoms with van der Waals surface area (Å²) in [6, 6.07) is 13.5. The minimum absolute atomic E-state index is 0.0204. The summed E-state index contributed by atoms with van der Waals surface area (Å²) in [4.78, 5) is 24.0. The Bertz CT molecular complexity index is 733. The van der Waals surface area contributed by atoms with Crippen LogP contribution in [0.2, 0.25) is 0 Å². The molecule has 0 aromatic heterocycles. The molecule has 2 aromatic carbocycles. The molecule has 1 amide bonds. The molecule has 0 spiro atoms. The van der Waals surface area contributed by atoms with Crippen molar-refractivity contribution in [2.75, 3.05) is 5.32 Å². The number of hydrogen-bond donors (Lipinski definition) is 2. The average Bonchev–Trinajstić information content (AvgIpc) is 2.77. The van der Waals surface area contributed by atoms with Crippen LogP contribution in [-0.4, -0.2) is 16.8 Å². The standard InChI is InChI=1S/C16H11NO3/c18-13-8-4-7-12-15(13)11(16(20)17-12)9-14(19)10-5-2-1-3-6-10/h1-9,18H,(H,17,20). The number of amides is 1. The van der Waals surface area contributed by atoms with Crippen LogP contribution in [0, 0.1) is 0 Å². The van der Waals surface area contributed by atoms with Gasteiger partial charge in [-0.3, -0.25) is 9.59 Å². The van der Waals surface area contributed by atoms with Crippen LogP contribution < -0.4 is 5.32 Å². The highest BCUT2D eigenvalue weighted by Crippen LogP contribution is 2.38. The van der Waals surface area contributed by atoms with E-state index in [9.17, 15) is 14.7 Å². The molecule has 1 heterocycles. The van der Waals surface area contributed by atoms with E-state index in [1.54, 1.807) is 36.4 Å². The smallest absolute Gasteiger partial charge is 0.256 e. The lowest BCUT2D eigenvalue weighted by Gasteiger charge is -2.01. The molecule has 4 nitrogen and oxygen atoms in total. The van der Waals surface area contributed by atoms with E-state index < -0.39 is 0 Å². The third kappa shape index (κ3) is 1.97. The van der Waals surface area contributed by atoms with E-state index in [1.807, 2.05) is 6.07 Å². The largest absolute Gasteiger partial charge is 0.507 e. The highest BCUT2D eigenvalue weighted by Gasteiger charge is 2.27. The molecular formula is C16H11NO3. The minimum Gasteiger partial charge on any atom is -0.507 e. The number of carbonyl (C=O) groups excluding carboxylic acids is 2. The van der Waals surface area contributed by atoms with Gasteiger partial charge >= 0.3 is 0 Å². The molecule has 0 saturated carbocycles. The first-order valence-corrected chi connectivity index (χ1v) is 6.11. The zero-order valence-corrected chi connectivity index (χ0v) is 10.5. The maximum absolute atomic E-state index is 12.1. The fraction of sp³-hybridized carbons (Fsp3) is 0. The molecule has 0 atom stereocenters. The highest BCUT2D eigenvalue weighted by atomic mass is 16.3. The summed E-state index contributed by atoms with van der Waals surface area (Å²) in [5.74, 6) is -0.675. The van der Waals surface area contributed by atoms with Crippen molar-refractivity contribution < 1.29 is 14.7 Å². The molecule has 3 rings (SSSR count). The van der Waals surface area contributed by atoms with E-state index in [0.717, 1.165) is 0 Å². The molecule has 1 aliphatic rings. The van der Waals surface area contributed by atoms with E-state index >= 15 is 0 Å². The normalized spacial score (nSPS) is 15.0. The maximum atomic E-state index is 12.1. The number of allylic oxidation sites excluding steroid dienone is 1. The quantitative estimate of drug-likeness (QED) is 0.648. The molecule has 20 heavy (non-hydrogen) atoms. The maximum Gasteiger partial charge on any atom is 0.256 e. The number of aromatic hydroxyl groups is 1. The number of anilines is 1. The first kappa shape index (κ1) is 12.2. The molecule has 0 radical (unpaired) electrons. The van der Waals surface area contributed by atoms with Crippen LogP contribution >= 0.6 is 0 Å². The third-order valence-corrected chi connectivity index (χ3v) is 3.14. The number of fused-ring (bicyclic) bond motifs is 1. The molecule has 2 N–H and O–H groups in total. The fourth-order valence-electron chi connectivity index (χ4n) is 2.19. The Morgan fingerprint density at radius 2 is 1.80 bits per heavy atom. The minimum atomic E-state index is -0.384. The molecule has 0 bridgehead atoms. The van der Waals surface area contributed by atoms with Crippen LogP contribution in [-0.2, 0) is 4.79 Å². The monoisotopic (exact) mass is 265 g/mol. The number of phenols is 1. The molecule has 98 valence electrons. The molecule has 0 fully saturated rings. The van der Waals surface area contributed by atoms with Crippen LogP contribution in [0.3, 0.4) is 0 Å². The average molecular weight is 265 g/mol. The Morgan fingerprint density at radius 3 is 2.55 bits per heavy atom. The van der Waals surface area contributed by atoms with Crippen molar-refractivity contribution in [1.29, 1.82) is 0 Å². The Morgan fingerprint density at radius 1 is 1.05 bits per heavy atom. The fourth-order valence-corrected chi connectivity index (χ4v) is 2.19. The SMILES string of the molecule is O=C1Nc2cccc(O)c2C1=CC(=O)c1ccccc1. The van der Waals surface area contributed by atoms with Gasteiger partial charge in [0.05, 0.1) is 16.8 Å². The van der Waals surface area contributed by atoms with Gasteiger partial charge in [0, 0.05) is 5.56 Å². The summed E-state index contributed by atoms with van der Waals surface area (Å²) in [5, 5.41) is 12.5. The van der Waals surface area contributed by atoms with Crippen LogP contribution in [0.1, 0.15) is 15.9 Å². The molecule has 2 aromatic rings. The van der Waals surface area contributed by atoms with E-state index in [-0.39, 0.29) is 23.0 Å². The summed E-state index contributed by atoms with van der Waals surface area (Å²) in [6.07, 6.45) is 1.26. The van der Waals surface area contributed by atoms with Crippen molar-refractivity contribution in [3.8, 4) is 5.75 Å².